The van der Waals surface area contributed by atoms with Gasteiger partial charge in [0.1, 0.15) is 0 Å². The highest BCUT2D eigenvalue weighted by Gasteiger charge is 2.17. The van der Waals surface area contributed by atoms with Gasteiger partial charge in [-0.05, 0) is 18.3 Å². The number of nitrogens with zero attached hydrogens (tertiary/aromatic N) is 1. The third kappa shape index (κ3) is 4.78. The van der Waals surface area contributed by atoms with Crippen molar-refractivity contribution in [3.05, 3.63) is 11.1 Å². The van der Waals surface area contributed by atoms with Crippen molar-refractivity contribution in [1.29, 1.82) is 0 Å². The molecule has 0 saturated heterocycles. The Morgan fingerprint density at radius 3 is 2.90 bits per heavy atom. The van der Waals surface area contributed by atoms with Crippen LogP contribution < -0.4 is 5.32 Å². The Labute approximate surface area is 124 Å². The van der Waals surface area contributed by atoms with Crippen LogP contribution in [0, 0.1) is 11.8 Å². The van der Waals surface area contributed by atoms with Crippen LogP contribution in [0.2, 0.25) is 0 Å². The van der Waals surface area contributed by atoms with Crippen LogP contribution in [0.15, 0.2) is 5.38 Å². The van der Waals surface area contributed by atoms with Gasteiger partial charge in [0, 0.05) is 11.9 Å². The summed E-state index contributed by atoms with van der Waals surface area (Å²) in [5.41, 5.74) is 0.788. The fraction of sp³-hybridized carbons (Fsp3) is 0.733. The number of hydrogen-bond donors (Lipinski definition) is 1. The van der Waals surface area contributed by atoms with E-state index in [2.05, 4.69) is 22.0 Å². The first kappa shape index (κ1) is 15.3. The Kier molecular flexibility index (Phi) is 5.83. The molecule has 0 bridgehead atoms. The molecule has 0 radical (unpaired) electrons. The van der Waals surface area contributed by atoms with Gasteiger partial charge in [0.25, 0.3) is 0 Å². The van der Waals surface area contributed by atoms with E-state index >= 15 is 0 Å². The molecule has 4 nitrogen and oxygen atoms in total. The number of anilines is 1. The molecule has 112 valence electrons. The van der Waals surface area contributed by atoms with Gasteiger partial charge < -0.3 is 10.1 Å². The zero-order valence-corrected chi connectivity index (χ0v) is 13.2. The Balaban J connectivity index is 1.68. The third-order valence-corrected chi connectivity index (χ3v) is 4.92. The number of nitrogens with one attached hydrogen (secondary N) is 1. The van der Waals surface area contributed by atoms with Crippen LogP contribution in [0.4, 0.5) is 5.13 Å². The minimum atomic E-state index is -0.238. The summed E-state index contributed by atoms with van der Waals surface area (Å²) in [7, 11) is 1.40. The molecule has 1 aliphatic carbocycles. The van der Waals surface area contributed by atoms with Crippen molar-refractivity contribution in [2.24, 2.45) is 11.8 Å². The Morgan fingerprint density at radius 1 is 1.45 bits per heavy atom. The van der Waals surface area contributed by atoms with Gasteiger partial charge in [-0.25, -0.2) is 4.98 Å². The van der Waals surface area contributed by atoms with Crippen molar-refractivity contribution in [3.63, 3.8) is 0 Å². The molecule has 20 heavy (non-hydrogen) atoms. The van der Waals surface area contributed by atoms with Crippen molar-refractivity contribution in [3.8, 4) is 0 Å². The number of hydrogen-bond acceptors (Lipinski definition) is 5. The standard InChI is InChI=1S/C15H24N2O2S/c1-11-3-5-12(6-4-11)7-8-16-15-17-13(10-20-15)9-14(18)19-2/h10-12H,3-9H2,1-2H3,(H,16,17). The molecule has 2 rings (SSSR count). The Bertz CT molecular complexity index is 425. The highest BCUT2D eigenvalue weighted by molar-refractivity contribution is 7.13. The quantitative estimate of drug-likeness (QED) is 0.816. The average Bonchev–Trinajstić information content (AvgIpc) is 2.88. The zero-order chi connectivity index (χ0) is 14.4. The highest BCUT2D eigenvalue weighted by atomic mass is 32.1. The Morgan fingerprint density at radius 2 is 2.20 bits per heavy atom. The molecule has 1 aromatic heterocycles. The minimum Gasteiger partial charge on any atom is -0.469 e. The third-order valence-electron chi connectivity index (χ3n) is 4.07. The molecule has 0 amide bonds. The minimum absolute atomic E-state index is 0.238. The lowest BCUT2D eigenvalue weighted by Crippen LogP contribution is -2.15. The summed E-state index contributed by atoms with van der Waals surface area (Å²) in [6.45, 7) is 3.33. The van der Waals surface area contributed by atoms with Crippen LogP contribution in [0.3, 0.4) is 0 Å². The first-order valence-electron chi connectivity index (χ1n) is 7.42. The van der Waals surface area contributed by atoms with E-state index in [1.54, 1.807) is 11.3 Å². The predicted molar refractivity (Wildman–Crippen MR) is 82.1 cm³/mol. The second-order valence-electron chi connectivity index (χ2n) is 5.74. The van der Waals surface area contributed by atoms with E-state index < -0.39 is 0 Å². The number of rotatable bonds is 6. The summed E-state index contributed by atoms with van der Waals surface area (Å²) in [5.74, 6) is 1.55. The van der Waals surface area contributed by atoms with E-state index in [1.807, 2.05) is 5.38 Å². The van der Waals surface area contributed by atoms with Crippen LogP contribution in [-0.2, 0) is 16.0 Å². The number of methoxy groups -OCH3 is 1. The molecule has 1 saturated carbocycles. The van der Waals surface area contributed by atoms with Crippen molar-refractivity contribution in [1.82, 2.24) is 4.98 Å². The van der Waals surface area contributed by atoms with Gasteiger partial charge in [-0.1, -0.05) is 32.6 Å². The summed E-state index contributed by atoms with van der Waals surface area (Å²) in [6, 6.07) is 0. The van der Waals surface area contributed by atoms with E-state index in [4.69, 9.17) is 0 Å². The molecule has 5 heteroatoms. The summed E-state index contributed by atoms with van der Waals surface area (Å²) in [5, 5.41) is 6.20. The monoisotopic (exact) mass is 296 g/mol. The second kappa shape index (κ2) is 7.62. The van der Waals surface area contributed by atoms with Crippen molar-refractivity contribution < 1.29 is 9.53 Å². The number of esters is 1. The van der Waals surface area contributed by atoms with Crippen LogP contribution in [-0.4, -0.2) is 24.6 Å². The molecule has 1 aromatic rings. The second-order valence-corrected chi connectivity index (χ2v) is 6.60. The number of carbonyl (C=O) groups excluding carboxylic acids is 1. The molecular formula is C15H24N2O2S. The van der Waals surface area contributed by atoms with Gasteiger partial charge in [-0.3, -0.25) is 4.79 Å². The van der Waals surface area contributed by atoms with Crippen LogP contribution >= 0.6 is 11.3 Å². The largest absolute Gasteiger partial charge is 0.469 e. The number of ether oxygens (including phenoxy) is 1. The lowest BCUT2D eigenvalue weighted by molar-refractivity contribution is -0.139. The van der Waals surface area contributed by atoms with Crippen LogP contribution in [0.5, 0.6) is 0 Å². The molecule has 0 aromatic carbocycles. The average molecular weight is 296 g/mol. The fourth-order valence-electron chi connectivity index (χ4n) is 2.69. The molecular weight excluding hydrogens is 272 g/mol. The zero-order valence-electron chi connectivity index (χ0n) is 12.4. The van der Waals surface area contributed by atoms with E-state index in [0.717, 1.165) is 29.2 Å². The molecule has 1 fully saturated rings. The van der Waals surface area contributed by atoms with Crippen molar-refractivity contribution >= 4 is 22.4 Å². The van der Waals surface area contributed by atoms with E-state index in [1.165, 1.54) is 39.2 Å². The van der Waals surface area contributed by atoms with Gasteiger partial charge in [0.15, 0.2) is 5.13 Å². The number of carbonyl (C=O) groups is 1. The predicted octanol–water partition coefficient (Wildman–Crippen LogP) is 3.49. The van der Waals surface area contributed by atoms with Gasteiger partial charge in [-0.2, -0.15) is 0 Å². The first-order chi connectivity index (χ1) is 9.67. The van der Waals surface area contributed by atoms with Gasteiger partial charge in [0.05, 0.1) is 19.2 Å². The summed E-state index contributed by atoms with van der Waals surface area (Å²) in [6.07, 6.45) is 6.98. The first-order valence-corrected chi connectivity index (χ1v) is 8.30. The lowest BCUT2D eigenvalue weighted by atomic mass is 9.81. The van der Waals surface area contributed by atoms with E-state index in [-0.39, 0.29) is 12.4 Å². The lowest BCUT2D eigenvalue weighted by Gasteiger charge is -2.26. The number of thiazole rings is 1. The normalized spacial score (nSPS) is 22.5. The fourth-order valence-corrected chi connectivity index (χ4v) is 3.43. The molecule has 0 aliphatic heterocycles. The summed E-state index contributed by atoms with van der Waals surface area (Å²) >= 11 is 1.56. The number of aromatic nitrogens is 1. The topological polar surface area (TPSA) is 51.2 Å². The maximum Gasteiger partial charge on any atom is 0.311 e. The molecule has 1 N–H and O–H groups in total. The van der Waals surface area contributed by atoms with Gasteiger partial charge in [-0.15, -0.1) is 11.3 Å². The van der Waals surface area contributed by atoms with E-state index in [9.17, 15) is 4.79 Å². The van der Waals surface area contributed by atoms with Crippen LogP contribution in [0.1, 0.15) is 44.7 Å². The Hall–Kier alpha value is -1.10. The van der Waals surface area contributed by atoms with Crippen molar-refractivity contribution in [2.75, 3.05) is 19.0 Å². The molecule has 0 atom stereocenters. The molecule has 1 heterocycles. The molecule has 0 spiro atoms. The highest BCUT2D eigenvalue weighted by Crippen LogP contribution is 2.30. The molecule has 1 aliphatic rings. The summed E-state index contributed by atoms with van der Waals surface area (Å²) in [4.78, 5) is 15.6. The summed E-state index contributed by atoms with van der Waals surface area (Å²) < 4.78 is 4.64. The molecule has 0 unspecified atom stereocenters. The van der Waals surface area contributed by atoms with Gasteiger partial charge in [0.2, 0.25) is 0 Å². The maximum atomic E-state index is 11.2. The van der Waals surface area contributed by atoms with Gasteiger partial charge >= 0.3 is 5.97 Å². The SMILES string of the molecule is COC(=O)Cc1csc(NCCC2CCC(C)CC2)n1. The smallest absolute Gasteiger partial charge is 0.311 e. The van der Waals surface area contributed by atoms with Crippen molar-refractivity contribution in [2.45, 2.75) is 45.4 Å². The van der Waals surface area contributed by atoms with Crippen LogP contribution in [0.25, 0.3) is 0 Å². The van der Waals surface area contributed by atoms with E-state index in [0.29, 0.717) is 0 Å². The maximum absolute atomic E-state index is 11.2.